The molecule has 3 heteroatoms. The van der Waals surface area contributed by atoms with Crippen molar-refractivity contribution in [3.05, 3.63) is 35.9 Å². The van der Waals surface area contributed by atoms with E-state index < -0.39 is 0 Å². The van der Waals surface area contributed by atoms with Crippen molar-refractivity contribution < 1.29 is 0 Å². The Labute approximate surface area is 129 Å². The van der Waals surface area contributed by atoms with Crippen LogP contribution in [0.25, 0.3) is 0 Å². The fourth-order valence-corrected chi connectivity index (χ4v) is 2.73. The molecule has 0 spiro atoms. The van der Waals surface area contributed by atoms with E-state index in [1.54, 1.807) is 0 Å². The van der Waals surface area contributed by atoms with Crippen LogP contribution >= 0.6 is 0 Å². The van der Waals surface area contributed by atoms with Crippen molar-refractivity contribution in [1.82, 2.24) is 10.2 Å². The second kappa shape index (κ2) is 8.06. The molecular weight excluding hydrogens is 258 g/mol. The topological polar surface area (TPSA) is 27.6 Å². The molecule has 0 aromatic heterocycles. The second-order valence-corrected chi connectivity index (χ2v) is 5.98. The molecule has 2 unspecified atom stereocenters. The van der Waals surface area contributed by atoms with Crippen LogP contribution in [0.4, 0.5) is 0 Å². The van der Waals surface area contributed by atoms with Crippen molar-refractivity contribution in [2.45, 2.75) is 39.0 Å². The number of hydrogen-bond acceptors (Lipinski definition) is 1. The number of benzene rings is 1. The van der Waals surface area contributed by atoms with Gasteiger partial charge in [0.15, 0.2) is 5.96 Å². The zero-order chi connectivity index (χ0) is 15.1. The molecule has 3 nitrogen and oxygen atoms in total. The standard InChI is InChI=1S/C18H29N3/c1-4-6-12-21(3)18(19-5-2)20-14-16-13-17(16)15-10-8-7-9-11-15/h7-11,16-17H,4-6,12-14H2,1-3H3,(H,19,20). The van der Waals surface area contributed by atoms with Crippen LogP contribution in [0.15, 0.2) is 35.3 Å². The fraction of sp³-hybridized carbons (Fsp3) is 0.611. The Morgan fingerprint density at radius 3 is 2.71 bits per heavy atom. The van der Waals surface area contributed by atoms with E-state index in [-0.39, 0.29) is 0 Å². The summed E-state index contributed by atoms with van der Waals surface area (Å²) in [6.07, 6.45) is 3.73. The lowest BCUT2D eigenvalue weighted by molar-refractivity contribution is 0.464. The first-order valence-electron chi connectivity index (χ1n) is 8.30. The highest BCUT2D eigenvalue weighted by atomic mass is 15.3. The minimum Gasteiger partial charge on any atom is -0.357 e. The molecule has 0 amide bonds. The average molecular weight is 287 g/mol. The molecule has 1 aromatic carbocycles. The minimum atomic E-state index is 0.721. The second-order valence-electron chi connectivity index (χ2n) is 5.98. The Morgan fingerprint density at radius 1 is 1.29 bits per heavy atom. The van der Waals surface area contributed by atoms with Crippen LogP contribution in [0.2, 0.25) is 0 Å². The van der Waals surface area contributed by atoms with Crippen molar-refractivity contribution >= 4 is 5.96 Å². The smallest absolute Gasteiger partial charge is 0.193 e. The normalized spacial score (nSPS) is 21.2. The monoisotopic (exact) mass is 287 g/mol. The van der Waals surface area contributed by atoms with Gasteiger partial charge in [-0.05, 0) is 37.2 Å². The Kier molecular flexibility index (Phi) is 6.09. The van der Waals surface area contributed by atoms with E-state index in [1.807, 2.05) is 0 Å². The summed E-state index contributed by atoms with van der Waals surface area (Å²) in [5, 5.41) is 3.40. The SMILES string of the molecule is CCCCN(C)C(=NCC1CC1c1ccccc1)NCC. The lowest BCUT2D eigenvalue weighted by atomic mass is 10.1. The third kappa shape index (κ3) is 4.76. The van der Waals surface area contributed by atoms with Crippen LogP contribution in [0, 0.1) is 5.92 Å². The zero-order valence-electron chi connectivity index (χ0n) is 13.7. The molecule has 0 bridgehead atoms. The van der Waals surface area contributed by atoms with Gasteiger partial charge in [0.2, 0.25) is 0 Å². The molecule has 1 N–H and O–H groups in total. The molecule has 1 aliphatic carbocycles. The Bertz CT molecular complexity index is 441. The van der Waals surface area contributed by atoms with Gasteiger partial charge < -0.3 is 10.2 Å². The Balaban J connectivity index is 1.86. The van der Waals surface area contributed by atoms with E-state index in [0.717, 1.165) is 37.4 Å². The molecular formula is C18H29N3. The third-order valence-electron chi connectivity index (χ3n) is 4.17. The number of rotatable bonds is 7. The van der Waals surface area contributed by atoms with E-state index in [4.69, 9.17) is 4.99 Å². The van der Waals surface area contributed by atoms with Gasteiger partial charge in [-0.25, -0.2) is 0 Å². The van der Waals surface area contributed by atoms with Gasteiger partial charge in [-0.15, -0.1) is 0 Å². The van der Waals surface area contributed by atoms with Crippen molar-refractivity contribution in [3.63, 3.8) is 0 Å². The van der Waals surface area contributed by atoms with Crippen LogP contribution in [0.1, 0.15) is 44.6 Å². The summed E-state index contributed by atoms with van der Waals surface area (Å²) in [7, 11) is 2.14. The van der Waals surface area contributed by atoms with Gasteiger partial charge in [0.25, 0.3) is 0 Å². The molecule has 0 radical (unpaired) electrons. The van der Waals surface area contributed by atoms with Crippen molar-refractivity contribution in [2.75, 3.05) is 26.7 Å². The van der Waals surface area contributed by atoms with E-state index in [1.165, 1.54) is 24.8 Å². The van der Waals surface area contributed by atoms with E-state index in [2.05, 4.69) is 61.4 Å². The first kappa shape index (κ1) is 15.9. The van der Waals surface area contributed by atoms with Gasteiger partial charge in [0, 0.05) is 26.7 Å². The van der Waals surface area contributed by atoms with E-state index in [0.29, 0.717) is 0 Å². The van der Waals surface area contributed by atoms with Gasteiger partial charge in [0.1, 0.15) is 0 Å². The molecule has 0 aliphatic heterocycles. The van der Waals surface area contributed by atoms with Crippen LogP contribution < -0.4 is 5.32 Å². The summed E-state index contributed by atoms with van der Waals surface area (Å²) >= 11 is 0. The first-order valence-corrected chi connectivity index (χ1v) is 8.30. The Hall–Kier alpha value is -1.51. The minimum absolute atomic E-state index is 0.721. The number of hydrogen-bond donors (Lipinski definition) is 1. The molecule has 1 fully saturated rings. The number of unbranched alkanes of at least 4 members (excludes halogenated alkanes) is 1. The van der Waals surface area contributed by atoms with Crippen LogP contribution in [-0.2, 0) is 0 Å². The third-order valence-corrected chi connectivity index (χ3v) is 4.17. The van der Waals surface area contributed by atoms with E-state index >= 15 is 0 Å². The van der Waals surface area contributed by atoms with E-state index in [9.17, 15) is 0 Å². The summed E-state index contributed by atoms with van der Waals surface area (Å²) in [4.78, 5) is 7.09. The van der Waals surface area contributed by atoms with Gasteiger partial charge in [-0.2, -0.15) is 0 Å². The molecule has 2 atom stereocenters. The first-order chi connectivity index (χ1) is 10.3. The predicted molar refractivity (Wildman–Crippen MR) is 90.8 cm³/mol. The molecule has 0 heterocycles. The van der Waals surface area contributed by atoms with Crippen molar-refractivity contribution in [2.24, 2.45) is 10.9 Å². The zero-order valence-corrected chi connectivity index (χ0v) is 13.7. The molecule has 1 aromatic rings. The molecule has 21 heavy (non-hydrogen) atoms. The largest absolute Gasteiger partial charge is 0.357 e. The van der Waals surface area contributed by atoms with Gasteiger partial charge in [-0.3, -0.25) is 4.99 Å². The maximum absolute atomic E-state index is 4.84. The number of guanidine groups is 1. The summed E-state index contributed by atoms with van der Waals surface area (Å²) in [6, 6.07) is 10.8. The summed E-state index contributed by atoms with van der Waals surface area (Å²) in [5.74, 6) is 2.50. The highest BCUT2D eigenvalue weighted by Crippen LogP contribution is 2.47. The van der Waals surface area contributed by atoms with Gasteiger partial charge >= 0.3 is 0 Å². The predicted octanol–water partition coefficient (Wildman–Crippen LogP) is 3.49. The fourth-order valence-electron chi connectivity index (χ4n) is 2.73. The number of nitrogens with zero attached hydrogens (tertiary/aromatic N) is 2. The van der Waals surface area contributed by atoms with Crippen molar-refractivity contribution in [1.29, 1.82) is 0 Å². The van der Waals surface area contributed by atoms with Crippen LogP contribution in [-0.4, -0.2) is 37.5 Å². The lowest BCUT2D eigenvalue weighted by Crippen LogP contribution is -2.39. The molecule has 0 saturated heterocycles. The van der Waals surface area contributed by atoms with Gasteiger partial charge in [0.05, 0.1) is 0 Å². The van der Waals surface area contributed by atoms with Crippen LogP contribution in [0.3, 0.4) is 0 Å². The quantitative estimate of drug-likeness (QED) is 0.614. The maximum atomic E-state index is 4.84. The number of aliphatic imine (C=N–C) groups is 1. The molecule has 1 aliphatic rings. The summed E-state index contributed by atoms with van der Waals surface area (Å²) in [6.45, 7) is 7.31. The molecule has 1 saturated carbocycles. The lowest BCUT2D eigenvalue weighted by Gasteiger charge is -2.21. The average Bonchev–Trinajstić information content (AvgIpc) is 3.29. The summed E-state index contributed by atoms with van der Waals surface area (Å²) in [5.41, 5.74) is 1.47. The highest BCUT2D eigenvalue weighted by molar-refractivity contribution is 5.79. The van der Waals surface area contributed by atoms with Gasteiger partial charge in [-0.1, -0.05) is 43.7 Å². The maximum Gasteiger partial charge on any atom is 0.193 e. The Morgan fingerprint density at radius 2 is 2.05 bits per heavy atom. The molecule has 116 valence electrons. The highest BCUT2D eigenvalue weighted by Gasteiger charge is 2.37. The van der Waals surface area contributed by atoms with Crippen LogP contribution in [0.5, 0.6) is 0 Å². The molecule has 2 rings (SSSR count). The number of nitrogens with one attached hydrogen (secondary N) is 1. The van der Waals surface area contributed by atoms with Crippen molar-refractivity contribution in [3.8, 4) is 0 Å². The summed E-state index contributed by atoms with van der Waals surface area (Å²) < 4.78 is 0.